The molecule has 0 bridgehead atoms. The fraction of sp³-hybridized carbons (Fsp3) is 0.250. The van der Waals surface area contributed by atoms with Crippen molar-refractivity contribution in [3.63, 3.8) is 0 Å². The van der Waals surface area contributed by atoms with Crippen molar-refractivity contribution in [2.75, 3.05) is 5.32 Å². The van der Waals surface area contributed by atoms with Gasteiger partial charge in [0.05, 0.1) is 6.54 Å². The number of carbonyl (C=O) groups is 3. The zero-order chi connectivity index (χ0) is 26.5. The fourth-order valence-electron chi connectivity index (χ4n) is 4.02. The zero-order valence-corrected chi connectivity index (χ0v) is 21.2. The molecule has 2 N–H and O–H groups in total. The lowest BCUT2D eigenvalue weighted by Gasteiger charge is -2.24. The Morgan fingerprint density at radius 3 is 2.46 bits per heavy atom. The molecule has 3 aromatic carbocycles. The number of carbonyl (C=O) groups excluding carboxylic acids is 3. The summed E-state index contributed by atoms with van der Waals surface area (Å²) in [5.74, 6) is -1.18. The molecule has 4 rings (SSSR count). The van der Waals surface area contributed by atoms with Crippen molar-refractivity contribution < 1.29 is 23.5 Å². The Kier molecular flexibility index (Phi) is 8.08. The van der Waals surface area contributed by atoms with Gasteiger partial charge in [-0.25, -0.2) is 9.18 Å². The molecule has 7 nitrogen and oxygen atoms in total. The minimum absolute atomic E-state index is 0.105. The van der Waals surface area contributed by atoms with Crippen molar-refractivity contribution >= 4 is 35.2 Å². The molecule has 192 valence electrons. The van der Waals surface area contributed by atoms with Crippen LogP contribution >= 0.6 is 11.6 Å². The van der Waals surface area contributed by atoms with E-state index < -0.39 is 24.1 Å². The topological polar surface area (TPSA) is 87.7 Å². The quantitative estimate of drug-likeness (QED) is 0.411. The van der Waals surface area contributed by atoms with Crippen LogP contribution in [0.2, 0.25) is 5.02 Å². The summed E-state index contributed by atoms with van der Waals surface area (Å²) in [5.41, 5.74) is 2.53. The molecule has 3 aromatic rings. The van der Waals surface area contributed by atoms with E-state index >= 15 is 0 Å². The fourth-order valence-corrected chi connectivity index (χ4v) is 4.23. The van der Waals surface area contributed by atoms with Crippen LogP contribution in [0.1, 0.15) is 36.6 Å². The van der Waals surface area contributed by atoms with E-state index in [-0.39, 0.29) is 30.7 Å². The summed E-state index contributed by atoms with van der Waals surface area (Å²) in [4.78, 5) is 40.0. The Labute approximate surface area is 219 Å². The highest BCUT2D eigenvalue weighted by molar-refractivity contribution is 6.30. The number of ether oxygens (including phenoxy) is 1. The molecule has 37 heavy (non-hydrogen) atoms. The van der Waals surface area contributed by atoms with E-state index in [1.54, 1.807) is 68.4 Å². The van der Waals surface area contributed by atoms with Gasteiger partial charge in [-0.1, -0.05) is 61.8 Å². The van der Waals surface area contributed by atoms with Crippen molar-refractivity contribution in [2.24, 2.45) is 5.92 Å². The molecule has 3 amide bonds. The van der Waals surface area contributed by atoms with Gasteiger partial charge in [-0.2, -0.15) is 0 Å². The maximum atomic E-state index is 13.5. The summed E-state index contributed by atoms with van der Waals surface area (Å²) < 4.78 is 19.0. The number of nitrogens with one attached hydrogen (secondary N) is 2. The van der Waals surface area contributed by atoms with Crippen LogP contribution in [0.25, 0.3) is 0 Å². The Hall–Kier alpha value is -3.91. The molecule has 1 aliphatic rings. The molecule has 0 radical (unpaired) electrons. The summed E-state index contributed by atoms with van der Waals surface area (Å²) in [6.45, 7) is 3.82. The average molecular weight is 524 g/mol. The molecule has 1 saturated heterocycles. The smallest absolute Gasteiger partial charge is 0.411 e. The molecule has 0 spiro atoms. The number of benzene rings is 3. The number of cyclic esters (lactones) is 1. The molecule has 1 aliphatic heterocycles. The number of halogens is 2. The van der Waals surface area contributed by atoms with Crippen LogP contribution in [0, 0.1) is 11.7 Å². The maximum Gasteiger partial charge on any atom is 0.411 e. The molecule has 9 heteroatoms. The van der Waals surface area contributed by atoms with Gasteiger partial charge in [0, 0.05) is 23.2 Å². The third-order valence-electron chi connectivity index (χ3n) is 5.98. The summed E-state index contributed by atoms with van der Waals surface area (Å²) in [6, 6.07) is 18.7. The van der Waals surface area contributed by atoms with Crippen molar-refractivity contribution in [3.8, 4) is 0 Å². The highest BCUT2D eigenvalue weighted by Gasteiger charge is 2.47. The van der Waals surface area contributed by atoms with E-state index in [1.807, 2.05) is 6.07 Å². The molecular weight excluding hydrogens is 497 g/mol. The standard InChI is InChI=1S/C28H27ClFN3O4/c1-17(2)26(34)32-23-8-4-6-20(14-23)25-24(27(35)31-15-18-9-11-22(30)12-10-18)33(28(36)37-25)16-19-5-3-7-21(29)13-19/h3-14,17,24-25H,15-16H2,1-2H3,(H,31,35)(H,32,34)/t24-,25+/m0/s1. The second-order valence-electron chi connectivity index (χ2n) is 9.12. The normalized spacial score (nSPS) is 17.0. The molecular formula is C28H27ClFN3O4. The van der Waals surface area contributed by atoms with Crippen molar-refractivity contribution in [2.45, 2.75) is 39.1 Å². The molecule has 1 fully saturated rings. The Bertz CT molecular complexity index is 1300. The van der Waals surface area contributed by atoms with Gasteiger partial charge in [-0.05, 0) is 53.1 Å². The first-order valence-electron chi connectivity index (χ1n) is 11.9. The molecule has 2 atom stereocenters. The lowest BCUT2D eigenvalue weighted by Crippen LogP contribution is -2.46. The van der Waals surface area contributed by atoms with Crippen molar-refractivity contribution in [1.29, 1.82) is 0 Å². The highest BCUT2D eigenvalue weighted by atomic mass is 35.5. The van der Waals surface area contributed by atoms with E-state index in [0.29, 0.717) is 21.8 Å². The van der Waals surface area contributed by atoms with Crippen LogP contribution < -0.4 is 10.6 Å². The zero-order valence-electron chi connectivity index (χ0n) is 20.4. The molecule has 0 aromatic heterocycles. The van der Waals surface area contributed by atoms with E-state index in [9.17, 15) is 18.8 Å². The van der Waals surface area contributed by atoms with E-state index in [4.69, 9.17) is 16.3 Å². The minimum Gasteiger partial charge on any atom is -0.438 e. The van der Waals surface area contributed by atoms with Gasteiger partial charge < -0.3 is 15.4 Å². The predicted molar refractivity (Wildman–Crippen MR) is 138 cm³/mol. The van der Waals surface area contributed by atoms with Crippen molar-refractivity contribution in [1.82, 2.24) is 10.2 Å². The first-order valence-corrected chi connectivity index (χ1v) is 12.2. The largest absolute Gasteiger partial charge is 0.438 e. The Balaban J connectivity index is 1.62. The van der Waals surface area contributed by atoms with Gasteiger partial charge in [-0.3, -0.25) is 14.5 Å². The van der Waals surface area contributed by atoms with Gasteiger partial charge in [0.15, 0.2) is 12.1 Å². The van der Waals surface area contributed by atoms with Crippen molar-refractivity contribution in [3.05, 3.63) is 100 Å². The second-order valence-corrected chi connectivity index (χ2v) is 9.56. The SMILES string of the molecule is CC(C)C(=O)Nc1cccc([C@H]2OC(=O)N(Cc3cccc(Cl)c3)[C@@H]2C(=O)NCc2ccc(F)cc2)c1. The van der Waals surface area contributed by atoms with E-state index in [1.165, 1.54) is 17.0 Å². The highest BCUT2D eigenvalue weighted by Crippen LogP contribution is 2.35. The Morgan fingerprint density at radius 2 is 1.76 bits per heavy atom. The number of hydrogen-bond acceptors (Lipinski definition) is 4. The lowest BCUT2D eigenvalue weighted by molar-refractivity contribution is -0.126. The summed E-state index contributed by atoms with van der Waals surface area (Å²) in [5, 5.41) is 6.18. The van der Waals surface area contributed by atoms with Crippen LogP contribution in [-0.2, 0) is 27.4 Å². The lowest BCUT2D eigenvalue weighted by atomic mass is 9.99. The number of rotatable bonds is 8. The van der Waals surface area contributed by atoms with Gasteiger partial charge in [0.1, 0.15) is 5.82 Å². The third-order valence-corrected chi connectivity index (χ3v) is 6.22. The number of anilines is 1. The monoisotopic (exact) mass is 523 g/mol. The predicted octanol–water partition coefficient (Wildman–Crippen LogP) is 5.45. The van der Waals surface area contributed by atoms with E-state index in [0.717, 1.165) is 5.56 Å². The van der Waals surface area contributed by atoms with Crippen LogP contribution in [0.4, 0.5) is 14.9 Å². The average Bonchev–Trinajstić information content (AvgIpc) is 3.19. The summed E-state index contributed by atoms with van der Waals surface area (Å²) >= 11 is 6.12. The number of hydrogen-bond donors (Lipinski definition) is 2. The summed E-state index contributed by atoms with van der Waals surface area (Å²) in [7, 11) is 0. The van der Waals surface area contributed by atoms with E-state index in [2.05, 4.69) is 10.6 Å². The maximum absolute atomic E-state index is 13.5. The van der Waals surface area contributed by atoms with Crippen LogP contribution in [0.3, 0.4) is 0 Å². The molecule has 1 heterocycles. The molecule has 0 unspecified atom stereocenters. The van der Waals surface area contributed by atoms with Gasteiger partial charge in [0.2, 0.25) is 11.8 Å². The number of amides is 3. The van der Waals surface area contributed by atoms with Crippen LogP contribution in [-0.4, -0.2) is 28.8 Å². The summed E-state index contributed by atoms with van der Waals surface area (Å²) in [6.07, 6.45) is -1.57. The van der Waals surface area contributed by atoms with Crippen LogP contribution in [0.15, 0.2) is 72.8 Å². The molecule has 0 aliphatic carbocycles. The van der Waals surface area contributed by atoms with Gasteiger partial charge in [0.25, 0.3) is 0 Å². The Morgan fingerprint density at radius 1 is 1.03 bits per heavy atom. The van der Waals surface area contributed by atoms with Crippen LogP contribution in [0.5, 0.6) is 0 Å². The third kappa shape index (κ3) is 6.46. The number of nitrogens with zero attached hydrogens (tertiary/aromatic N) is 1. The minimum atomic E-state index is -0.997. The van der Waals surface area contributed by atoms with Gasteiger partial charge in [-0.15, -0.1) is 0 Å². The van der Waals surface area contributed by atoms with Gasteiger partial charge >= 0.3 is 6.09 Å². The second kappa shape index (κ2) is 11.4. The molecule has 0 saturated carbocycles. The first-order chi connectivity index (χ1) is 17.7. The first kappa shape index (κ1) is 26.2.